The van der Waals surface area contributed by atoms with Crippen molar-refractivity contribution in [2.45, 2.75) is 32.2 Å². The van der Waals surface area contributed by atoms with E-state index in [1.54, 1.807) is 37.3 Å². The van der Waals surface area contributed by atoms with Crippen LogP contribution in [0.1, 0.15) is 45.3 Å². The van der Waals surface area contributed by atoms with E-state index in [4.69, 9.17) is 9.15 Å². The van der Waals surface area contributed by atoms with Crippen LogP contribution in [-0.2, 0) is 22.5 Å². The zero-order valence-electron chi connectivity index (χ0n) is 21.2. The van der Waals surface area contributed by atoms with Gasteiger partial charge in [0.15, 0.2) is 11.5 Å². The fourth-order valence-corrected chi connectivity index (χ4v) is 4.50. The summed E-state index contributed by atoms with van der Waals surface area (Å²) in [6.45, 7) is 1.84. The molecule has 0 aliphatic carbocycles. The molecule has 10 nitrogen and oxygen atoms in total. The van der Waals surface area contributed by atoms with Crippen LogP contribution in [-0.4, -0.2) is 44.0 Å². The Morgan fingerprint density at radius 2 is 1.72 bits per heavy atom. The number of benzene rings is 2. The van der Waals surface area contributed by atoms with E-state index >= 15 is 0 Å². The van der Waals surface area contributed by atoms with Gasteiger partial charge in [0.25, 0.3) is 5.56 Å². The van der Waals surface area contributed by atoms with Gasteiger partial charge in [-0.3, -0.25) is 9.59 Å². The Balaban J connectivity index is 1.76. The number of hydrogen-bond donors (Lipinski definition) is 4. The standard InChI is InChI=1S/C29H27NO9/c1-16-13-23(33)27(28(35)30(16)12-11-17-7-8-21(31)22(32)14-17)20(15-26(34)38-2)25-10-9-24(39-25)18-5-3-4-6-19(18)29(36)37/h3-10,13-14,20,31-33H,11-12,15H2,1-2H3,(H,36,37). The van der Waals surface area contributed by atoms with Crippen LogP contribution >= 0.6 is 0 Å². The zero-order chi connectivity index (χ0) is 28.3. The average Bonchev–Trinajstić information content (AvgIpc) is 3.39. The number of hydrogen-bond acceptors (Lipinski definition) is 8. The molecule has 1 unspecified atom stereocenters. The van der Waals surface area contributed by atoms with Crippen LogP contribution in [0, 0.1) is 6.92 Å². The number of rotatable bonds is 9. The van der Waals surface area contributed by atoms with Crippen molar-refractivity contribution in [3.8, 4) is 28.6 Å². The molecule has 0 spiro atoms. The molecule has 0 aliphatic rings. The van der Waals surface area contributed by atoms with E-state index in [2.05, 4.69) is 0 Å². The van der Waals surface area contributed by atoms with Gasteiger partial charge in [-0.05, 0) is 55.3 Å². The molecular formula is C29H27NO9. The van der Waals surface area contributed by atoms with Crippen molar-refractivity contribution in [1.82, 2.24) is 4.57 Å². The lowest BCUT2D eigenvalue weighted by molar-refractivity contribution is -0.140. The van der Waals surface area contributed by atoms with Gasteiger partial charge < -0.3 is 34.1 Å². The molecule has 0 saturated heterocycles. The van der Waals surface area contributed by atoms with Crippen LogP contribution in [0.4, 0.5) is 0 Å². The molecule has 10 heteroatoms. The number of aromatic nitrogens is 1. The number of aryl methyl sites for hydroxylation is 2. The molecule has 2 aromatic heterocycles. The summed E-state index contributed by atoms with van der Waals surface area (Å²) in [4.78, 5) is 37.8. The Labute approximate surface area is 223 Å². The van der Waals surface area contributed by atoms with E-state index < -0.39 is 23.4 Å². The topological polar surface area (TPSA) is 159 Å². The van der Waals surface area contributed by atoms with Crippen molar-refractivity contribution in [1.29, 1.82) is 0 Å². The van der Waals surface area contributed by atoms with Gasteiger partial charge in [0.1, 0.15) is 17.3 Å². The first-order chi connectivity index (χ1) is 18.6. The summed E-state index contributed by atoms with van der Waals surface area (Å²) in [6, 6.07) is 15.1. The number of phenols is 2. The molecule has 202 valence electrons. The maximum absolute atomic E-state index is 13.7. The number of esters is 1. The van der Waals surface area contributed by atoms with E-state index in [9.17, 15) is 34.8 Å². The molecular weight excluding hydrogens is 506 g/mol. The van der Waals surface area contributed by atoms with Crippen LogP contribution < -0.4 is 5.56 Å². The number of aromatic hydroxyl groups is 3. The number of methoxy groups -OCH3 is 1. The van der Waals surface area contributed by atoms with Crippen LogP contribution in [0.5, 0.6) is 17.2 Å². The number of nitrogens with zero attached hydrogens (tertiary/aromatic N) is 1. The van der Waals surface area contributed by atoms with Crippen LogP contribution in [0.15, 0.2) is 69.9 Å². The van der Waals surface area contributed by atoms with Gasteiger partial charge in [-0.15, -0.1) is 0 Å². The molecule has 0 aliphatic heterocycles. The van der Waals surface area contributed by atoms with E-state index in [-0.39, 0.29) is 52.9 Å². The lowest BCUT2D eigenvalue weighted by atomic mass is 9.93. The number of pyridine rings is 1. The first kappa shape index (κ1) is 27.1. The maximum atomic E-state index is 13.7. The molecule has 0 radical (unpaired) electrons. The number of carbonyl (C=O) groups is 2. The van der Waals surface area contributed by atoms with Gasteiger partial charge in [-0.1, -0.05) is 24.3 Å². The monoisotopic (exact) mass is 533 g/mol. The second kappa shape index (κ2) is 11.2. The minimum Gasteiger partial charge on any atom is -0.507 e. The van der Waals surface area contributed by atoms with E-state index in [0.29, 0.717) is 23.2 Å². The summed E-state index contributed by atoms with van der Waals surface area (Å²) >= 11 is 0. The Morgan fingerprint density at radius 3 is 2.41 bits per heavy atom. The lowest BCUT2D eigenvalue weighted by Crippen LogP contribution is -2.29. The van der Waals surface area contributed by atoms with Crippen LogP contribution in [0.25, 0.3) is 11.3 Å². The molecule has 4 aromatic rings. The maximum Gasteiger partial charge on any atom is 0.336 e. The number of furan rings is 1. The predicted octanol–water partition coefficient (Wildman–Crippen LogP) is 4.17. The highest BCUT2D eigenvalue weighted by Gasteiger charge is 2.29. The van der Waals surface area contributed by atoms with Gasteiger partial charge in [0.2, 0.25) is 0 Å². The molecule has 4 rings (SSSR count). The highest BCUT2D eigenvalue weighted by Crippen LogP contribution is 2.36. The van der Waals surface area contributed by atoms with E-state index in [0.717, 1.165) is 0 Å². The number of aromatic carboxylic acids is 1. The van der Waals surface area contributed by atoms with E-state index in [1.807, 2.05) is 0 Å². The molecule has 0 bridgehead atoms. The van der Waals surface area contributed by atoms with Gasteiger partial charge in [-0.2, -0.15) is 0 Å². The van der Waals surface area contributed by atoms with Crippen LogP contribution in [0.3, 0.4) is 0 Å². The summed E-state index contributed by atoms with van der Waals surface area (Å²) in [7, 11) is 1.20. The third kappa shape index (κ3) is 5.64. The summed E-state index contributed by atoms with van der Waals surface area (Å²) in [5, 5.41) is 39.8. The average molecular weight is 534 g/mol. The number of phenolic OH excluding ortho intramolecular Hbond substituents is 2. The number of carbonyl (C=O) groups excluding carboxylic acids is 1. The Morgan fingerprint density at radius 1 is 0.974 bits per heavy atom. The van der Waals surface area contributed by atoms with Gasteiger partial charge in [0, 0.05) is 17.8 Å². The SMILES string of the molecule is COC(=O)CC(c1ccc(-c2ccccc2C(=O)O)o1)c1c(O)cc(C)n(CCc2ccc(O)c(O)c2)c1=O. The van der Waals surface area contributed by atoms with Gasteiger partial charge in [0.05, 0.1) is 30.6 Å². The van der Waals surface area contributed by atoms with Crippen molar-refractivity contribution < 1.29 is 39.2 Å². The van der Waals surface area contributed by atoms with Crippen molar-refractivity contribution in [3.05, 3.63) is 99.2 Å². The number of carboxylic acid groups (broad SMARTS) is 1. The summed E-state index contributed by atoms with van der Waals surface area (Å²) in [5.41, 5.74) is 0.849. The second-order valence-electron chi connectivity index (χ2n) is 9.00. The normalized spacial score (nSPS) is 11.7. The van der Waals surface area contributed by atoms with Crippen molar-refractivity contribution >= 4 is 11.9 Å². The second-order valence-corrected chi connectivity index (χ2v) is 9.00. The third-order valence-electron chi connectivity index (χ3n) is 6.53. The van der Waals surface area contributed by atoms with Crippen molar-refractivity contribution in [3.63, 3.8) is 0 Å². The quantitative estimate of drug-likeness (QED) is 0.183. The molecule has 2 heterocycles. The molecule has 1 atom stereocenters. The Kier molecular flexibility index (Phi) is 7.75. The molecule has 2 aromatic carbocycles. The number of carboxylic acids is 1. The molecule has 0 fully saturated rings. The Bertz CT molecular complexity index is 1600. The molecule has 0 amide bonds. The Hall–Kier alpha value is -4.99. The highest BCUT2D eigenvalue weighted by atomic mass is 16.5. The highest BCUT2D eigenvalue weighted by molar-refractivity contribution is 5.95. The molecule has 0 saturated carbocycles. The van der Waals surface area contributed by atoms with Gasteiger partial charge in [-0.25, -0.2) is 4.79 Å². The molecule has 39 heavy (non-hydrogen) atoms. The predicted molar refractivity (Wildman–Crippen MR) is 140 cm³/mol. The summed E-state index contributed by atoms with van der Waals surface area (Å²) in [6.07, 6.45) is 0.0130. The van der Waals surface area contributed by atoms with Crippen molar-refractivity contribution in [2.75, 3.05) is 7.11 Å². The zero-order valence-corrected chi connectivity index (χ0v) is 21.2. The van der Waals surface area contributed by atoms with E-state index in [1.165, 1.54) is 42.0 Å². The number of ether oxygens (including phenoxy) is 1. The van der Waals surface area contributed by atoms with Gasteiger partial charge >= 0.3 is 11.9 Å². The molecule has 4 N–H and O–H groups in total. The summed E-state index contributed by atoms with van der Waals surface area (Å²) in [5.74, 6) is -3.29. The fraction of sp³-hybridized carbons (Fsp3) is 0.207. The fourth-order valence-electron chi connectivity index (χ4n) is 4.50. The minimum atomic E-state index is -1.14. The largest absolute Gasteiger partial charge is 0.507 e. The smallest absolute Gasteiger partial charge is 0.336 e. The van der Waals surface area contributed by atoms with Crippen LogP contribution in [0.2, 0.25) is 0 Å². The first-order valence-electron chi connectivity index (χ1n) is 12.0. The first-order valence-corrected chi connectivity index (χ1v) is 12.0. The minimum absolute atomic E-state index is 0.0173. The third-order valence-corrected chi connectivity index (χ3v) is 6.53. The lowest BCUT2D eigenvalue weighted by Gasteiger charge is -2.19. The summed E-state index contributed by atoms with van der Waals surface area (Å²) < 4.78 is 12.2. The van der Waals surface area contributed by atoms with Crippen molar-refractivity contribution in [2.24, 2.45) is 0 Å².